The van der Waals surface area contributed by atoms with Gasteiger partial charge < -0.3 is 15.8 Å². The molecule has 0 aliphatic heterocycles. The Morgan fingerprint density at radius 1 is 1.37 bits per heavy atom. The number of nitrogens with zero attached hydrogens (tertiary/aromatic N) is 2. The van der Waals surface area contributed by atoms with Crippen LogP contribution in [0.1, 0.15) is 42.6 Å². The van der Waals surface area contributed by atoms with E-state index in [4.69, 9.17) is 5.73 Å². The van der Waals surface area contributed by atoms with E-state index in [9.17, 15) is 4.79 Å². The van der Waals surface area contributed by atoms with Gasteiger partial charge in [-0.1, -0.05) is 19.3 Å². The number of hydrogen-bond acceptors (Lipinski definition) is 6. The van der Waals surface area contributed by atoms with E-state index in [1.807, 2.05) is 0 Å². The lowest BCUT2D eigenvalue weighted by molar-refractivity contribution is 0.0593. The molecule has 104 valence electrons. The maximum absolute atomic E-state index is 11.4. The molecule has 1 heterocycles. The molecule has 6 nitrogen and oxygen atoms in total. The molecule has 0 amide bonds. The van der Waals surface area contributed by atoms with Gasteiger partial charge in [-0.3, -0.25) is 4.98 Å². The van der Waals surface area contributed by atoms with Crippen molar-refractivity contribution in [3.8, 4) is 0 Å². The first-order valence-electron chi connectivity index (χ1n) is 6.63. The van der Waals surface area contributed by atoms with Crippen LogP contribution >= 0.6 is 0 Å². The van der Waals surface area contributed by atoms with Crippen LogP contribution in [0.4, 0.5) is 5.82 Å². The molecule has 0 spiro atoms. The molecule has 1 aromatic heterocycles. The van der Waals surface area contributed by atoms with Gasteiger partial charge in [0, 0.05) is 12.1 Å². The zero-order chi connectivity index (χ0) is 13.7. The molecule has 1 saturated carbocycles. The summed E-state index contributed by atoms with van der Waals surface area (Å²) < 4.78 is 4.63. The molecular weight excluding hydrogens is 244 g/mol. The minimum absolute atomic E-state index is 0.117. The van der Waals surface area contributed by atoms with E-state index in [1.165, 1.54) is 26.1 Å². The van der Waals surface area contributed by atoms with E-state index in [0.717, 1.165) is 19.3 Å². The lowest BCUT2D eigenvalue weighted by Gasteiger charge is -2.23. The number of nitrogens with two attached hydrogens (primary N) is 1. The zero-order valence-electron chi connectivity index (χ0n) is 11.1. The smallest absolute Gasteiger partial charge is 0.358 e. The normalized spacial score (nSPS) is 23.5. The molecule has 0 saturated heterocycles. The maximum atomic E-state index is 11.4. The van der Waals surface area contributed by atoms with Crippen molar-refractivity contribution in [2.45, 2.75) is 44.2 Å². The van der Waals surface area contributed by atoms with Gasteiger partial charge in [-0.15, -0.1) is 0 Å². The summed E-state index contributed by atoms with van der Waals surface area (Å²) >= 11 is 0. The Bertz CT molecular complexity index is 438. The number of carbonyl (C=O) groups excluding carboxylic acids is 1. The summed E-state index contributed by atoms with van der Waals surface area (Å²) in [5.74, 6) is 0.0894. The fourth-order valence-corrected chi connectivity index (χ4v) is 2.34. The third-order valence-corrected chi connectivity index (χ3v) is 3.43. The van der Waals surface area contributed by atoms with Crippen LogP contribution < -0.4 is 11.1 Å². The number of esters is 1. The van der Waals surface area contributed by atoms with Crippen LogP contribution in [0, 0.1) is 0 Å². The highest BCUT2D eigenvalue weighted by Crippen LogP contribution is 2.19. The first-order chi connectivity index (χ1) is 9.20. The van der Waals surface area contributed by atoms with Crippen LogP contribution in [-0.4, -0.2) is 35.1 Å². The first-order valence-corrected chi connectivity index (χ1v) is 6.63. The number of aromatic nitrogens is 2. The Kier molecular flexibility index (Phi) is 4.68. The first kappa shape index (κ1) is 13.7. The molecule has 0 aromatic carbocycles. The summed E-state index contributed by atoms with van der Waals surface area (Å²) in [6.45, 7) is 0. The standard InChI is InChI=1S/C13H20N4O2/c1-19-13(18)11-7-15-8-12(17-11)16-10-6-4-2-3-5-9(10)14/h7-10H,2-6,14H2,1H3,(H,16,17). The highest BCUT2D eigenvalue weighted by atomic mass is 16.5. The summed E-state index contributed by atoms with van der Waals surface area (Å²) in [6.07, 6.45) is 8.59. The third-order valence-electron chi connectivity index (χ3n) is 3.43. The molecule has 0 radical (unpaired) electrons. The number of methoxy groups -OCH3 is 1. The third kappa shape index (κ3) is 3.64. The summed E-state index contributed by atoms with van der Waals surface area (Å²) in [4.78, 5) is 19.6. The van der Waals surface area contributed by atoms with E-state index in [2.05, 4.69) is 20.0 Å². The van der Waals surface area contributed by atoms with Gasteiger partial charge in [0.1, 0.15) is 5.82 Å². The number of carbonyl (C=O) groups is 1. The van der Waals surface area contributed by atoms with Gasteiger partial charge in [0.05, 0.1) is 19.5 Å². The van der Waals surface area contributed by atoms with Gasteiger partial charge in [0.2, 0.25) is 0 Å². The van der Waals surface area contributed by atoms with Crippen molar-refractivity contribution in [3.63, 3.8) is 0 Å². The second kappa shape index (κ2) is 6.47. The van der Waals surface area contributed by atoms with Gasteiger partial charge in [-0.05, 0) is 12.8 Å². The highest BCUT2D eigenvalue weighted by molar-refractivity contribution is 5.87. The van der Waals surface area contributed by atoms with Crippen LogP contribution in [0.2, 0.25) is 0 Å². The van der Waals surface area contributed by atoms with Gasteiger partial charge in [-0.25, -0.2) is 9.78 Å². The van der Waals surface area contributed by atoms with Crippen LogP contribution in [0.25, 0.3) is 0 Å². The number of ether oxygens (including phenoxy) is 1. The second-order valence-corrected chi connectivity index (χ2v) is 4.83. The Labute approximate surface area is 112 Å². The van der Waals surface area contributed by atoms with Gasteiger partial charge in [0.15, 0.2) is 5.69 Å². The van der Waals surface area contributed by atoms with E-state index in [-0.39, 0.29) is 17.8 Å². The summed E-state index contributed by atoms with van der Waals surface area (Å²) in [5.41, 5.74) is 6.35. The minimum atomic E-state index is -0.485. The fourth-order valence-electron chi connectivity index (χ4n) is 2.34. The molecule has 1 aliphatic rings. The molecule has 1 aromatic rings. The molecule has 2 rings (SSSR count). The predicted molar refractivity (Wildman–Crippen MR) is 71.8 cm³/mol. The number of rotatable bonds is 3. The summed E-state index contributed by atoms with van der Waals surface area (Å²) in [7, 11) is 1.32. The van der Waals surface area contributed by atoms with Crippen molar-refractivity contribution < 1.29 is 9.53 Å². The Hall–Kier alpha value is -1.69. The molecule has 2 atom stereocenters. The fraction of sp³-hybridized carbons (Fsp3) is 0.615. The second-order valence-electron chi connectivity index (χ2n) is 4.83. The molecular formula is C13H20N4O2. The van der Waals surface area contributed by atoms with E-state index in [1.54, 1.807) is 6.20 Å². The van der Waals surface area contributed by atoms with Crippen molar-refractivity contribution in [2.24, 2.45) is 5.73 Å². The summed E-state index contributed by atoms with van der Waals surface area (Å²) in [5, 5.41) is 3.28. The topological polar surface area (TPSA) is 90.1 Å². The van der Waals surface area contributed by atoms with Gasteiger partial charge in [-0.2, -0.15) is 0 Å². The van der Waals surface area contributed by atoms with Crippen molar-refractivity contribution in [3.05, 3.63) is 18.1 Å². The lowest BCUT2D eigenvalue weighted by Crippen LogP contribution is -2.39. The largest absolute Gasteiger partial charge is 0.464 e. The van der Waals surface area contributed by atoms with Gasteiger partial charge in [0.25, 0.3) is 0 Å². The van der Waals surface area contributed by atoms with E-state index in [0.29, 0.717) is 5.82 Å². The van der Waals surface area contributed by atoms with Crippen LogP contribution in [0.3, 0.4) is 0 Å². The van der Waals surface area contributed by atoms with E-state index >= 15 is 0 Å². The van der Waals surface area contributed by atoms with E-state index < -0.39 is 5.97 Å². The Morgan fingerprint density at radius 2 is 2.16 bits per heavy atom. The van der Waals surface area contributed by atoms with Crippen molar-refractivity contribution in [2.75, 3.05) is 12.4 Å². The Morgan fingerprint density at radius 3 is 2.95 bits per heavy atom. The average molecular weight is 264 g/mol. The molecule has 1 fully saturated rings. The van der Waals surface area contributed by atoms with Crippen molar-refractivity contribution >= 4 is 11.8 Å². The Balaban J connectivity index is 2.07. The molecule has 1 aliphatic carbocycles. The van der Waals surface area contributed by atoms with Crippen LogP contribution in [-0.2, 0) is 4.74 Å². The van der Waals surface area contributed by atoms with Gasteiger partial charge >= 0.3 is 5.97 Å². The quantitative estimate of drug-likeness (QED) is 0.632. The minimum Gasteiger partial charge on any atom is -0.464 e. The SMILES string of the molecule is COC(=O)c1cncc(NC2CCCCCC2N)n1. The number of hydrogen-bond donors (Lipinski definition) is 2. The lowest BCUT2D eigenvalue weighted by atomic mass is 10.0. The van der Waals surface area contributed by atoms with Crippen molar-refractivity contribution in [1.29, 1.82) is 0 Å². The average Bonchev–Trinajstić information content (AvgIpc) is 2.64. The zero-order valence-corrected chi connectivity index (χ0v) is 11.1. The van der Waals surface area contributed by atoms with Crippen molar-refractivity contribution in [1.82, 2.24) is 9.97 Å². The maximum Gasteiger partial charge on any atom is 0.358 e. The van der Waals surface area contributed by atoms with Crippen LogP contribution in [0.15, 0.2) is 12.4 Å². The molecule has 19 heavy (non-hydrogen) atoms. The highest BCUT2D eigenvalue weighted by Gasteiger charge is 2.21. The predicted octanol–water partition coefficient (Wildman–Crippen LogP) is 1.34. The summed E-state index contributed by atoms with van der Waals surface area (Å²) in [6, 6.07) is 0.302. The molecule has 2 unspecified atom stereocenters. The van der Waals surface area contributed by atoms with Crippen LogP contribution in [0.5, 0.6) is 0 Å². The number of nitrogens with one attached hydrogen (secondary N) is 1. The number of anilines is 1. The molecule has 0 bridgehead atoms. The molecule has 3 N–H and O–H groups in total. The molecule has 6 heteroatoms. The monoisotopic (exact) mass is 264 g/mol.